The smallest absolute Gasteiger partial charge is 0.386 e. The van der Waals surface area contributed by atoms with Gasteiger partial charge in [-0.15, -0.1) is 11.3 Å². The van der Waals surface area contributed by atoms with Crippen LogP contribution in [0.5, 0.6) is 0 Å². The van der Waals surface area contributed by atoms with E-state index in [0.717, 1.165) is 55.7 Å². The highest BCUT2D eigenvalue weighted by Crippen LogP contribution is 2.40. The standard InChI is InChI=1S/C32H42ClF3N8O3S/c1-37-27-24(32(34,35)36)16-20(17-25(27)33)18-26(29(45)42-9-2-22(3-10-42)41-13-7-38-8-14-41)39-30(46)43-11-4-23(5-12-43)44-19-21-6-15-48-28(21)40-31(44)47/h6,15-17,22-23,26,37-38H,2-5,7-14,18-19H2,1H3,(H,39,46)(H,40,47)/t26-/m1/s1. The number of urea groups is 2. The van der Waals surface area contributed by atoms with Crippen molar-refractivity contribution in [2.45, 2.75) is 63.0 Å². The van der Waals surface area contributed by atoms with Crippen LogP contribution in [0.4, 0.5) is 33.4 Å². The Morgan fingerprint density at radius 3 is 2.35 bits per heavy atom. The number of thiophene rings is 1. The van der Waals surface area contributed by atoms with E-state index in [1.165, 1.54) is 24.5 Å². The SMILES string of the molecule is CNc1c(Cl)cc(C[C@@H](NC(=O)N2CCC(N3Cc4ccsc4NC3=O)CC2)C(=O)N2CCC(N3CCNCC3)CC2)cc1C(F)(F)F. The molecule has 5 heterocycles. The summed E-state index contributed by atoms with van der Waals surface area (Å²) in [6.07, 6.45) is -2.12. The van der Waals surface area contributed by atoms with Crippen LogP contribution in [0.25, 0.3) is 0 Å². The average molecular weight is 711 g/mol. The van der Waals surface area contributed by atoms with Gasteiger partial charge in [-0.1, -0.05) is 11.6 Å². The third-order valence-electron chi connectivity index (χ3n) is 9.95. The largest absolute Gasteiger partial charge is 0.418 e. The number of rotatable bonds is 7. The third-order valence-corrected chi connectivity index (χ3v) is 11.1. The Morgan fingerprint density at radius 2 is 1.69 bits per heavy atom. The first-order chi connectivity index (χ1) is 23.0. The predicted octanol–water partition coefficient (Wildman–Crippen LogP) is 4.49. The Kier molecular flexibility index (Phi) is 10.6. The van der Waals surface area contributed by atoms with Crippen molar-refractivity contribution in [3.05, 3.63) is 45.3 Å². The molecule has 2 aromatic rings. The molecule has 11 nitrogen and oxygen atoms in total. The molecule has 5 amide bonds. The normalized spacial score (nSPS) is 20.7. The molecule has 16 heteroatoms. The zero-order valence-electron chi connectivity index (χ0n) is 26.9. The van der Waals surface area contributed by atoms with Crippen molar-refractivity contribution < 1.29 is 27.6 Å². The van der Waals surface area contributed by atoms with Gasteiger partial charge in [0.2, 0.25) is 5.91 Å². The molecule has 0 radical (unpaired) electrons. The van der Waals surface area contributed by atoms with Gasteiger partial charge in [0.15, 0.2) is 0 Å². The first kappa shape index (κ1) is 34.6. The van der Waals surface area contributed by atoms with Crippen LogP contribution < -0.4 is 21.3 Å². The summed E-state index contributed by atoms with van der Waals surface area (Å²) < 4.78 is 42.0. The van der Waals surface area contributed by atoms with Crippen molar-refractivity contribution in [3.63, 3.8) is 0 Å². The van der Waals surface area contributed by atoms with Crippen LogP contribution in [0.1, 0.15) is 42.4 Å². The van der Waals surface area contributed by atoms with Gasteiger partial charge in [0, 0.05) is 83.5 Å². The molecular weight excluding hydrogens is 669 g/mol. The summed E-state index contributed by atoms with van der Waals surface area (Å²) in [5.74, 6) is -0.323. The number of carbonyl (C=O) groups excluding carboxylic acids is 3. The van der Waals surface area contributed by atoms with E-state index in [-0.39, 0.29) is 40.7 Å². The van der Waals surface area contributed by atoms with Crippen LogP contribution in [-0.2, 0) is 23.9 Å². The van der Waals surface area contributed by atoms with Crippen LogP contribution in [0.15, 0.2) is 23.6 Å². The van der Waals surface area contributed by atoms with E-state index in [1.54, 1.807) is 14.7 Å². The van der Waals surface area contributed by atoms with Gasteiger partial charge >= 0.3 is 18.2 Å². The maximum atomic E-state index is 14.0. The van der Waals surface area contributed by atoms with Crippen molar-refractivity contribution in [2.24, 2.45) is 0 Å². The molecule has 0 saturated carbocycles. The maximum absolute atomic E-state index is 14.0. The fraction of sp³-hybridized carbons (Fsp3) is 0.594. The van der Waals surface area contributed by atoms with Gasteiger partial charge in [0.1, 0.15) is 11.0 Å². The summed E-state index contributed by atoms with van der Waals surface area (Å²) in [6.45, 7) is 6.03. The Bertz CT molecular complexity index is 1490. The van der Waals surface area contributed by atoms with Crippen LogP contribution in [0.3, 0.4) is 0 Å². The predicted molar refractivity (Wildman–Crippen MR) is 180 cm³/mol. The molecule has 1 aromatic carbocycles. The monoisotopic (exact) mass is 710 g/mol. The molecular formula is C32H42ClF3N8O3S. The number of piperidine rings is 2. The van der Waals surface area contributed by atoms with Crippen LogP contribution in [0, 0.1) is 0 Å². The molecule has 4 N–H and O–H groups in total. The molecule has 0 aliphatic carbocycles. The summed E-state index contributed by atoms with van der Waals surface area (Å²) in [7, 11) is 1.37. The lowest BCUT2D eigenvalue weighted by molar-refractivity contribution is -0.137. The molecule has 4 aliphatic rings. The van der Waals surface area contributed by atoms with Gasteiger partial charge in [-0.3, -0.25) is 15.0 Å². The Balaban J connectivity index is 1.14. The Hall–Kier alpha value is -3.27. The molecule has 0 unspecified atom stereocenters. The number of nitrogens with one attached hydrogen (secondary N) is 4. The van der Waals surface area contributed by atoms with Gasteiger partial charge < -0.3 is 30.7 Å². The van der Waals surface area contributed by atoms with E-state index in [2.05, 4.69) is 26.2 Å². The van der Waals surface area contributed by atoms with E-state index in [9.17, 15) is 27.6 Å². The highest BCUT2D eigenvalue weighted by molar-refractivity contribution is 7.14. The molecule has 3 fully saturated rings. The average Bonchev–Trinajstić information content (AvgIpc) is 3.54. The summed E-state index contributed by atoms with van der Waals surface area (Å²) in [5.41, 5.74) is 0.0912. The Morgan fingerprint density at radius 1 is 1.02 bits per heavy atom. The number of fused-ring (bicyclic) bond motifs is 1. The van der Waals surface area contributed by atoms with Crippen molar-refractivity contribution in [2.75, 3.05) is 70.0 Å². The van der Waals surface area contributed by atoms with Gasteiger partial charge in [-0.2, -0.15) is 13.2 Å². The van der Waals surface area contributed by atoms with Crippen LogP contribution in [0.2, 0.25) is 5.02 Å². The summed E-state index contributed by atoms with van der Waals surface area (Å²) in [4.78, 5) is 48.0. The third kappa shape index (κ3) is 7.63. The number of anilines is 2. The quantitative estimate of drug-likeness (QED) is 0.337. The number of alkyl halides is 3. The fourth-order valence-corrected chi connectivity index (χ4v) is 8.46. The highest BCUT2D eigenvalue weighted by Gasteiger charge is 2.38. The van der Waals surface area contributed by atoms with Crippen molar-refractivity contribution in [3.8, 4) is 0 Å². The van der Waals surface area contributed by atoms with E-state index < -0.39 is 23.8 Å². The number of hydrogen-bond acceptors (Lipinski definition) is 7. The molecule has 1 aromatic heterocycles. The second-order valence-electron chi connectivity index (χ2n) is 12.8. The molecule has 6 rings (SSSR count). The minimum Gasteiger partial charge on any atom is -0.386 e. The fourth-order valence-electron chi connectivity index (χ4n) is 7.32. The van der Waals surface area contributed by atoms with Gasteiger partial charge in [-0.25, -0.2) is 9.59 Å². The number of likely N-dealkylation sites (tertiary alicyclic amines) is 2. The highest BCUT2D eigenvalue weighted by atomic mass is 35.5. The van der Waals surface area contributed by atoms with Gasteiger partial charge in [-0.05, 0) is 54.8 Å². The zero-order chi connectivity index (χ0) is 34.0. The van der Waals surface area contributed by atoms with E-state index in [4.69, 9.17) is 11.6 Å². The molecule has 48 heavy (non-hydrogen) atoms. The molecule has 0 spiro atoms. The number of nitrogens with zero attached hydrogens (tertiary/aromatic N) is 4. The first-order valence-electron chi connectivity index (χ1n) is 16.5. The maximum Gasteiger partial charge on any atom is 0.418 e. The van der Waals surface area contributed by atoms with Crippen molar-refractivity contribution in [1.29, 1.82) is 0 Å². The summed E-state index contributed by atoms with van der Waals surface area (Å²) >= 11 is 7.78. The molecule has 0 bridgehead atoms. The van der Waals surface area contributed by atoms with Crippen molar-refractivity contribution >= 4 is 51.6 Å². The topological polar surface area (TPSA) is 112 Å². The van der Waals surface area contributed by atoms with Gasteiger partial charge in [0.05, 0.1) is 22.8 Å². The summed E-state index contributed by atoms with van der Waals surface area (Å²) in [6, 6.07) is 3.02. The van der Waals surface area contributed by atoms with Crippen LogP contribution in [-0.4, -0.2) is 115 Å². The molecule has 3 saturated heterocycles. The van der Waals surface area contributed by atoms with Gasteiger partial charge in [0.25, 0.3) is 0 Å². The number of carbonyl (C=O) groups is 3. The number of amides is 5. The lowest BCUT2D eigenvalue weighted by Gasteiger charge is -2.41. The second kappa shape index (κ2) is 14.7. The lowest BCUT2D eigenvalue weighted by Crippen LogP contribution is -2.58. The zero-order valence-corrected chi connectivity index (χ0v) is 28.4. The number of halogens is 4. The molecule has 262 valence electrons. The molecule has 4 aliphatic heterocycles. The van der Waals surface area contributed by atoms with E-state index >= 15 is 0 Å². The molecule has 1 atom stereocenters. The number of hydrogen-bond donors (Lipinski definition) is 4. The van der Waals surface area contributed by atoms with Crippen LogP contribution >= 0.6 is 22.9 Å². The minimum absolute atomic E-state index is 0.0508. The van der Waals surface area contributed by atoms with Crippen molar-refractivity contribution in [1.82, 2.24) is 30.2 Å². The minimum atomic E-state index is -4.67. The first-order valence-corrected chi connectivity index (χ1v) is 17.8. The van der Waals surface area contributed by atoms with E-state index in [1.807, 2.05) is 11.4 Å². The summed E-state index contributed by atoms with van der Waals surface area (Å²) in [5, 5.41) is 14.4. The number of benzene rings is 1. The Labute approximate surface area is 287 Å². The van der Waals surface area contributed by atoms with E-state index in [0.29, 0.717) is 51.6 Å². The lowest BCUT2D eigenvalue weighted by atomic mass is 9.98. The number of piperazine rings is 1. The second-order valence-corrected chi connectivity index (χ2v) is 14.2.